The molecule has 0 unspecified atom stereocenters. The molecule has 0 amide bonds. The molecule has 0 saturated carbocycles. The minimum absolute atomic E-state index is 0.0427. The van der Waals surface area contributed by atoms with Gasteiger partial charge in [0.05, 0.1) is 11.9 Å². The smallest absolute Gasteiger partial charge is 0.191 e. The Hall–Kier alpha value is -1.78. The van der Waals surface area contributed by atoms with Gasteiger partial charge in [-0.1, -0.05) is 6.92 Å². The maximum atomic E-state index is 5.23. The Morgan fingerprint density at radius 2 is 2.29 bits per heavy atom. The van der Waals surface area contributed by atoms with E-state index in [4.69, 9.17) is 11.5 Å². The lowest BCUT2D eigenvalue weighted by molar-refractivity contribution is 0.969. The summed E-state index contributed by atoms with van der Waals surface area (Å²) >= 11 is 0. The Kier molecular flexibility index (Phi) is 3.72. The summed E-state index contributed by atoms with van der Waals surface area (Å²) in [4.78, 5) is 8.00. The van der Waals surface area contributed by atoms with Gasteiger partial charge in [0.25, 0.3) is 0 Å². The van der Waals surface area contributed by atoms with Crippen LogP contribution in [-0.2, 0) is 0 Å². The number of nitrogens with two attached hydrogens (primary N) is 2. The summed E-state index contributed by atoms with van der Waals surface area (Å²) in [6.45, 7) is 3.01. The van der Waals surface area contributed by atoms with Crippen LogP contribution in [-0.4, -0.2) is 17.5 Å². The predicted molar refractivity (Wildman–Crippen MR) is 58.5 cm³/mol. The molecule has 1 aromatic rings. The fraction of sp³-hybridized carbons (Fsp3) is 0.333. The molecule has 0 aliphatic rings. The highest BCUT2D eigenvalue weighted by Gasteiger charge is 1.93. The third-order valence-corrected chi connectivity index (χ3v) is 1.56. The molecule has 5 N–H and O–H groups in total. The van der Waals surface area contributed by atoms with Crippen molar-refractivity contribution in [3.63, 3.8) is 0 Å². The molecule has 5 nitrogen and oxygen atoms in total. The van der Waals surface area contributed by atoms with E-state index in [9.17, 15) is 0 Å². The van der Waals surface area contributed by atoms with Crippen LogP contribution >= 0.6 is 0 Å². The fourth-order valence-electron chi connectivity index (χ4n) is 0.959. The average Bonchev–Trinajstić information content (AvgIpc) is 2.16. The largest absolute Gasteiger partial charge is 0.370 e. The first kappa shape index (κ1) is 10.3. The average molecular weight is 193 g/mol. The van der Waals surface area contributed by atoms with Crippen LogP contribution in [0.15, 0.2) is 23.3 Å². The molecule has 0 spiro atoms. The molecule has 1 aromatic heterocycles. The van der Waals surface area contributed by atoms with Crippen LogP contribution in [0.3, 0.4) is 0 Å². The third kappa shape index (κ3) is 3.30. The molecule has 1 heterocycles. The van der Waals surface area contributed by atoms with Crippen molar-refractivity contribution < 1.29 is 0 Å². The van der Waals surface area contributed by atoms with E-state index < -0.39 is 0 Å². The van der Waals surface area contributed by atoms with Crippen molar-refractivity contribution in [2.45, 2.75) is 13.3 Å². The zero-order chi connectivity index (χ0) is 10.4. The van der Waals surface area contributed by atoms with Gasteiger partial charge in [0, 0.05) is 6.54 Å². The van der Waals surface area contributed by atoms with Crippen LogP contribution in [0.25, 0.3) is 0 Å². The number of nitrogens with zero attached hydrogens (tertiary/aromatic N) is 2. The van der Waals surface area contributed by atoms with Crippen molar-refractivity contribution in [1.29, 1.82) is 0 Å². The summed E-state index contributed by atoms with van der Waals surface area (Å²) in [5, 5.41) is 3.15. The molecule has 5 heteroatoms. The first-order chi connectivity index (χ1) is 6.72. The van der Waals surface area contributed by atoms with Gasteiger partial charge in [-0.2, -0.15) is 0 Å². The molecule has 0 radical (unpaired) electrons. The van der Waals surface area contributed by atoms with Crippen molar-refractivity contribution in [3.05, 3.63) is 18.3 Å². The van der Waals surface area contributed by atoms with Crippen LogP contribution in [0.5, 0.6) is 0 Å². The van der Waals surface area contributed by atoms with Crippen molar-refractivity contribution in [3.8, 4) is 0 Å². The lowest BCUT2D eigenvalue weighted by atomic mass is 10.4. The van der Waals surface area contributed by atoms with Gasteiger partial charge >= 0.3 is 0 Å². The van der Waals surface area contributed by atoms with Crippen LogP contribution in [0, 0.1) is 0 Å². The topological polar surface area (TPSA) is 89.3 Å². The van der Waals surface area contributed by atoms with Crippen LogP contribution in [0.1, 0.15) is 13.3 Å². The molecule has 0 saturated heterocycles. The zero-order valence-electron chi connectivity index (χ0n) is 8.20. The van der Waals surface area contributed by atoms with E-state index in [0.717, 1.165) is 18.8 Å². The Morgan fingerprint density at radius 3 is 2.79 bits per heavy atom. The number of rotatable bonds is 4. The number of hydrogen-bond donors (Lipinski definition) is 3. The van der Waals surface area contributed by atoms with E-state index in [2.05, 4.69) is 22.2 Å². The quantitative estimate of drug-likeness (QED) is 0.487. The number of hydrogen-bond acceptors (Lipinski definition) is 3. The van der Waals surface area contributed by atoms with Crippen LogP contribution in [0.2, 0.25) is 0 Å². The number of aliphatic imine (C=N–C) groups is 1. The Bertz CT molecular complexity index is 299. The summed E-state index contributed by atoms with van der Waals surface area (Å²) in [6, 6.07) is 3.65. The molecule has 0 aliphatic carbocycles. The lowest BCUT2D eigenvalue weighted by Crippen LogP contribution is -2.21. The van der Waals surface area contributed by atoms with Gasteiger partial charge in [0.2, 0.25) is 0 Å². The van der Waals surface area contributed by atoms with E-state index in [0.29, 0.717) is 5.69 Å². The summed E-state index contributed by atoms with van der Waals surface area (Å²) in [5.74, 6) is 0.877. The van der Waals surface area contributed by atoms with Crippen molar-refractivity contribution in [1.82, 2.24) is 4.98 Å². The molecule has 0 fully saturated rings. The first-order valence-electron chi connectivity index (χ1n) is 4.52. The molecule has 14 heavy (non-hydrogen) atoms. The van der Waals surface area contributed by atoms with E-state index >= 15 is 0 Å². The summed E-state index contributed by atoms with van der Waals surface area (Å²) < 4.78 is 0. The second-order valence-electron chi connectivity index (χ2n) is 2.87. The first-order valence-corrected chi connectivity index (χ1v) is 4.52. The van der Waals surface area contributed by atoms with Gasteiger partial charge in [0.1, 0.15) is 5.82 Å². The second kappa shape index (κ2) is 5.06. The Balaban J connectivity index is 2.64. The number of pyridine rings is 1. The van der Waals surface area contributed by atoms with Gasteiger partial charge in [-0.25, -0.2) is 9.98 Å². The fourth-order valence-corrected chi connectivity index (χ4v) is 0.959. The van der Waals surface area contributed by atoms with Gasteiger partial charge in [-0.15, -0.1) is 0 Å². The highest BCUT2D eigenvalue weighted by molar-refractivity contribution is 5.78. The highest BCUT2D eigenvalue weighted by atomic mass is 15.0. The molecule has 1 rings (SSSR count). The van der Waals surface area contributed by atoms with Gasteiger partial charge in [-0.3, -0.25) is 0 Å². The predicted octanol–water partition coefficient (Wildman–Crippen LogP) is 0.808. The van der Waals surface area contributed by atoms with Crippen molar-refractivity contribution >= 4 is 17.5 Å². The van der Waals surface area contributed by atoms with Crippen molar-refractivity contribution in [2.75, 3.05) is 11.9 Å². The van der Waals surface area contributed by atoms with Crippen LogP contribution < -0.4 is 16.8 Å². The normalized spacial score (nSPS) is 9.50. The molecule has 0 aromatic carbocycles. The highest BCUT2D eigenvalue weighted by Crippen LogP contribution is 2.12. The minimum Gasteiger partial charge on any atom is -0.370 e. The summed E-state index contributed by atoms with van der Waals surface area (Å²) in [5.41, 5.74) is 11.1. The summed E-state index contributed by atoms with van der Waals surface area (Å²) in [6.07, 6.45) is 2.69. The number of anilines is 1. The van der Waals surface area contributed by atoms with E-state index in [1.165, 1.54) is 0 Å². The number of aromatic nitrogens is 1. The van der Waals surface area contributed by atoms with Crippen LogP contribution in [0.4, 0.5) is 11.5 Å². The number of nitrogens with one attached hydrogen (secondary N) is 1. The maximum Gasteiger partial charge on any atom is 0.191 e. The number of guanidine groups is 1. The Morgan fingerprint density at radius 1 is 1.50 bits per heavy atom. The van der Waals surface area contributed by atoms with Gasteiger partial charge in [-0.05, 0) is 18.6 Å². The summed E-state index contributed by atoms with van der Waals surface area (Å²) in [7, 11) is 0. The zero-order valence-corrected chi connectivity index (χ0v) is 8.20. The molecular weight excluding hydrogens is 178 g/mol. The molecule has 0 bridgehead atoms. The lowest BCUT2D eigenvalue weighted by Gasteiger charge is -2.02. The maximum absolute atomic E-state index is 5.23. The molecule has 0 aliphatic heterocycles. The Labute approximate surface area is 83.2 Å². The van der Waals surface area contributed by atoms with E-state index in [1.807, 2.05) is 12.1 Å². The van der Waals surface area contributed by atoms with Gasteiger partial charge in [0.15, 0.2) is 5.96 Å². The van der Waals surface area contributed by atoms with Gasteiger partial charge < -0.3 is 16.8 Å². The van der Waals surface area contributed by atoms with Crippen molar-refractivity contribution in [2.24, 2.45) is 16.5 Å². The van der Waals surface area contributed by atoms with E-state index in [-0.39, 0.29) is 5.96 Å². The molecular formula is C9H15N5. The molecule has 76 valence electrons. The SMILES string of the molecule is CCCNc1ccc(N=C(N)N)cn1. The monoisotopic (exact) mass is 193 g/mol. The third-order valence-electron chi connectivity index (χ3n) is 1.56. The minimum atomic E-state index is 0.0427. The van der Waals surface area contributed by atoms with E-state index in [1.54, 1.807) is 6.20 Å². The second-order valence-corrected chi connectivity index (χ2v) is 2.87. The standard InChI is InChI=1S/C9H15N5/c1-2-5-12-8-4-3-7(6-13-8)14-9(10)11/h3-4,6H,2,5H2,1H3,(H,12,13)(H4,10,11,14). The molecule has 0 atom stereocenters.